The minimum Gasteiger partial charge on any atom is -0.376 e. The smallest absolute Gasteiger partial charge is 0.156 e. The van der Waals surface area contributed by atoms with E-state index < -0.39 is 0 Å². The van der Waals surface area contributed by atoms with Gasteiger partial charge in [-0.05, 0) is 26.2 Å². The first-order valence-corrected chi connectivity index (χ1v) is 6.43. The van der Waals surface area contributed by atoms with Crippen LogP contribution in [0.15, 0.2) is 0 Å². The van der Waals surface area contributed by atoms with Crippen molar-refractivity contribution in [3.8, 4) is 0 Å². The van der Waals surface area contributed by atoms with Crippen LogP contribution in [0.5, 0.6) is 0 Å². The van der Waals surface area contributed by atoms with Crippen molar-refractivity contribution in [3.63, 3.8) is 0 Å². The van der Waals surface area contributed by atoms with Crippen LogP contribution in [0.2, 0.25) is 5.15 Å². The molecule has 6 heteroatoms. The number of carbonyl (C=O) groups is 1. The number of rotatable bonds is 4. The second-order valence-electron chi connectivity index (χ2n) is 4.31. The monoisotopic (exact) mass is 269 g/mol. The lowest BCUT2D eigenvalue weighted by molar-refractivity contribution is 0.0247. The molecule has 1 aromatic heterocycles. The van der Waals surface area contributed by atoms with E-state index in [1.54, 1.807) is 6.92 Å². The number of anilines is 1. The van der Waals surface area contributed by atoms with Gasteiger partial charge < -0.3 is 10.1 Å². The first-order chi connectivity index (χ1) is 8.70. The van der Waals surface area contributed by atoms with Gasteiger partial charge >= 0.3 is 0 Å². The summed E-state index contributed by atoms with van der Waals surface area (Å²) in [5.41, 5.74) is 0.304. The number of nitrogens with zero attached hydrogens (tertiary/aromatic N) is 2. The Balaban J connectivity index is 2.05. The number of aryl methyl sites for hydroxylation is 1. The van der Waals surface area contributed by atoms with Gasteiger partial charge in [-0.1, -0.05) is 11.6 Å². The highest BCUT2D eigenvalue weighted by molar-refractivity contribution is 6.32. The van der Waals surface area contributed by atoms with Crippen molar-refractivity contribution in [2.45, 2.75) is 32.3 Å². The molecule has 1 aliphatic rings. The number of ether oxygens (including phenoxy) is 1. The second-order valence-corrected chi connectivity index (χ2v) is 4.67. The molecule has 1 saturated heterocycles. The van der Waals surface area contributed by atoms with Crippen molar-refractivity contribution in [1.29, 1.82) is 0 Å². The molecular weight excluding hydrogens is 254 g/mol. The van der Waals surface area contributed by atoms with E-state index >= 15 is 0 Å². The summed E-state index contributed by atoms with van der Waals surface area (Å²) in [6.45, 7) is 3.17. The number of hydrogen-bond acceptors (Lipinski definition) is 5. The summed E-state index contributed by atoms with van der Waals surface area (Å²) >= 11 is 5.90. The maximum Gasteiger partial charge on any atom is 0.156 e. The molecule has 1 aromatic rings. The fourth-order valence-corrected chi connectivity index (χ4v) is 2.22. The number of aldehydes is 1. The third-order valence-corrected chi connectivity index (χ3v) is 3.19. The topological polar surface area (TPSA) is 64.1 Å². The molecule has 1 atom stereocenters. The Morgan fingerprint density at radius 1 is 1.50 bits per heavy atom. The van der Waals surface area contributed by atoms with Gasteiger partial charge in [0.25, 0.3) is 0 Å². The molecular formula is C12H16ClN3O2. The van der Waals surface area contributed by atoms with Gasteiger partial charge in [0.05, 0.1) is 11.7 Å². The first-order valence-electron chi connectivity index (χ1n) is 6.05. The molecule has 1 fully saturated rings. The Kier molecular flexibility index (Phi) is 4.49. The van der Waals surface area contributed by atoms with E-state index in [4.69, 9.17) is 16.3 Å². The molecule has 1 unspecified atom stereocenters. The standard InChI is InChI=1S/C12H16ClN3O2/c1-8-15-11(13)10(7-17)12(16-8)14-6-9-4-2-3-5-18-9/h7,9H,2-6H2,1H3,(H,14,15,16). The molecule has 0 spiro atoms. The van der Waals surface area contributed by atoms with Crippen molar-refractivity contribution in [3.05, 3.63) is 16.5 Å². The highest BCUT2D eigenvalue weighted by Gasteiger charge is 2.16. The van der Waals surface area contributed by atoms with E-state index in [9.17, 15) is 4.79 Å². The van der Waals surface area contributed by atoms with Crippen LogP contribution in [0.1, 0.15) is 35.4 Å². The number of nitrogens with one attached hydrogen (secondary N) is 1. The van der Waals surface area contributed by atoms with Gasteiger partial charge in [-0.25, -0.2) is 9.97 Å². The van der Waals surface area contributed by atoms with Crippen molar-refractivity contribution in [1.82, 2.24) is 9.97 Å². The molecule has 0 aliphatic carbocycles. The third kappa shape index (κ3) is 3.17. The molecule has 2 rings (SSSR count). The van der Waals surface area contributed by atoms with Crippen LogP contribution in [-0.2, 0) is 4.74 Å². The third-order valence-electron chi connectivity index (χ3n) is 2.90. The molecule has 0 saturated carbocycles. The predicted molar refractivity (Wildman–Crippen MR) is 69.2 cm³/mol. The fraction of sp³-hybridized carbons (Fsp3) is 0.583. The van der Waals surface area contributed by atoms with Crippen LogP contribution >= 0.6 is 11.6 Å². The van der Waals surface area contributed by atoms with Crippen molar-refractivity contribution < 1.29 is 9.53 Å². The maximum absolute atomic E-state index is 11.0. The van der Waals surface area contributed by atoms with Crippen LogP contribution in [0.4, 0.5) is 5.82 Å². The van der Waals surface area contributed by atoms with Gasteiger partial charge in [-0.3, -0.25) is 4.79 Å². The van der Waals surface area contributed by atoms with Crippen LogP contribution in [0.25, 0.3) is 0 Å². The van der Waals surface area contributed by atoms with E-state index in [-0.39, 0.29) is 11.3 Å². The summed E-state index contributed by atoms with van der Waals surface area (Å²) in [6.07, 6.45) is 4.17. The largest absolute Gasteiger partial charge is 0.376 e. The Bertz CT molecular complexity index is 434. The first kappa shape index (κ1) is 13.2. The summed E-state index contributed by atoms with van der Waals surface area (Å²) in [5, 5.41) is 3.31. The van der Waals surface area contributed by atoms with Gasteiger partial charge in [0, 0.05) is 13.2 Å². The van der Waals surface area contributed by atoms with E-state index in [2.05, 4.69) is 15.3 Å². The zero-order chi connectivity index (χ0) is 13.0. The Morgan fingerprint density at radius 3 is 3.00 bits per heavy atom. The van der Waals surface area contributed by atoms with Crippen LogP contribution in [0, 0.1) is 6.92 Å². The van der Waals surface area contributed by atoms with E-state index in [0.29, 0.717) is 30.0 Å². The van der Waals surface area contributed by atoms with E-state index in [1.807, 2.05) is 0 Å². The molecule has 0 aromatic carbocycles. The molecule has 1 aliphatic heterocycles. The maximum atomic E-state index is 11.0. The fourth-order valence-electron chi connectivity index (χ4n) is 1.97. The van der Waals surface area contributed by atoms with Crippen LogP contribution in [-0.4, -0.2) is 35.5 Å². The number of carbonyl (C=O) groups excluding carboxylic acids is 1. The molecule has 0 radical (unpaired) electrons. The van der Waals surface area contributed by atoms with Gasteiger partial charge in [0.15, 0.2) is 6.29 Å². The summed E-state index contributed by atoms with van der Waals surface area (Å²) in [5.74, 6) is 1.02. The normalized spacial score (nSPS) is 19.6. The minimum atomic E-state index is 0.173. The SMILES string of the molecule is Cc1nc(Cl)c(C=O)c(NCC2CCCCO2)n1. The molecule has 0 amide bonds. The second kappa shape index (κ2) is 6.11. The summed E-state index contributed by atoms with van der Waals surface area (Å²) in [4.78, 5) is 19.1. The molecule has 1 N–H and O–H groups in total. The Labute approximate surface area is 111 Å². The average molecular weight is 270 g/mol. The van der Waals surface area contributed by atoms with Crippen LogP contribution in [0.3, 0.4) is 0 Å². The minimum absolute atomic E-state index is 0.173. The van der Waals surface area contributed by atoms with Crippen molar-refractivity contribution in [2.24, 2.45) is 0 Å². The van der Waals surface area contributed by atoms with Gasteiger partial charge in [0.1, 0.15) is 16.8 Å². The lowest BCUT2D eigenvalue weighted by Gasteiger charge is -2.23. The van der Waals surface area contributed by atoms with Gasteiger partial charge in [-0.15, -0.1) is 0 Å². The highest BCUT2D eigenvalue weighted by Crippen LogP contribution is 2.20. The van der Waals surface area contributed by atoms with E-state index in [1.165, 1.54) is 6.42 Å². The molecule has 98 valence electrons. The molecule has 2 heterocycles. The van der Waals surface area contributed by atoms with Crippen molar-refractivity contribution in [2.75, 3.05) is 18.5 Å². The Morgan fingerprint density at radius 2 is 2.33 bits per heavy atom. The highest BCUT2D eigenvalue weighted by atomic mass is 35.5. The van der Waals surface area contributed by atoms with Gasteiger partial charge in [0.2, 0.25) is 0 Å². The average Bonchev–Trinajstić information content (AvgIpc) is 2.37. The van der Waals surface area contributed by atoms with Crippen LogP contribution < -0.4 is 5.32 Å². The van der Waals surface area contributed by atoms with Gasteiger partial charge in [-0.2, -0.15) is 0 Å². The number of aromatic nitrogens is 2. The number of halogens is 1. The zero-order valence-corrected chi connectivity index (χ0v) is 11.0. The summed E-state index contributed by atoms with van der Waals surface area (Å²) in [6, 6.07) is 0. The van der Waals surface area contributed by atoms with E-state index in [0.717, 1.165) is 19.4 Å². The van der Waals surface area contributed by atoms with Crippen molar-refractivity contribution >= 4 is 23.7 Å². The molecule has 0 bridgehead atoms. The lowest BCUT2D eigenvalue weighted by Crippen LogP contribution is -2.27. The summed E-state index contributed by atoms with van der Waals surface area (Å²) < 4.78 is 5.61. The molecule has 18 heavy (non-hydrogen) atoms. The Hall–Kier alpha value is -1.20. The zero-order valence-electron chi connectivity index (χ0n) is 10.3. The quantitative estimate of drug-likeness (QED) is 0.671. The summed E-state index contributed by atoms with van der Waals surface area (Å²) in [7, 11) is 0. The number of hydrogen-bond donors (Lipinski definition) is 1. The lowest BCUT2D eigenvalue weighted by atomic mass is 10.1. The molecule has 5 nitrogen and oxygen atoms in total. The predicted octanol–water partition coefficient (Wildman–Crippen LogP) is 2.23.